The number of fused-ring (bicyclic) bond motifs is 1. The number of imidazole rings is 1. The van der Waals surface area contributed by atoms with Crippen molar-refractivity contribution in [3.63, 3.8) is 0 Å². The second kappa shape index (κ2) is 6.15. The molecule has 24 heavy (non-hydrogen) atoms. The largest absolute Gasteiger partial charge is 0.491 e. The van der Waals surface area contributed by atoms with E-state index < -0.39 is 7.12 Å². The Morgan fingerprint density at radius 2 is 1.96 bits per heavy atom. The van der Waals surface area contributed by atoms with Crippen LogP contribution < -0.4 is 5.32 Å². The van der Waals surface area contributed by atoms with Crippen molar-refractivity contribution in [1.82, 2.24) is 19.9 Å². The monoisotopic (exact) mass is 348 g/mol. The van der Waals surface area contributed by atoms with Crippen LogP contribution in [0.25, 0.3) is 11.7 Å². The topological polar surface area (TPSA) is 60.7 Å². The molecular formula is C16H22BClN4O2. The maximum atomic E-state index is 6.16. The van der Waals surface area contributed by atoms with Gasteiger partial charge in [-0.1, -0.05) is 11.6 Å². The molecule has 0 unspecified atom stereocenters. The average Bonchev–Trinajstić information content (AvgIpc) is 2.97. The van der Waals surface area contributed by atoms with Crippen LogP contribution in [0, 0.1) is 0 Å². The summed E-state index contributed by atoms with van der Waals surface area (Å²) in [7, 11) is 1.47. The van der Waals surface area contributed by atoms with Gasteiger partial charge in [0.1, 0.15) is 5.15 Å². The Bertz CT molecular complexity index is 771. The minimum Gasteiger partial charge on any atom is -0.400 e. The number of hydrogen-bond acceptors (Lipinski definition) is 5. The fourth-order valence-electron chi connectivity index (χ4n) is 2.56. The summed E-state index contributed by atoms with van der Waals surface area (Å²) in [5.41, 5.74) is 1.77. The van der Waals surface area contributed by atoms with E-state index in [9.17, 15) is 0 Å². The van der Waals surface area contributed by atoms with E-state index in [4.69, 9.17) is 20.9 Å². The van der Waals surface area contributed by atoms with Crippen LogP contribution in [-0.2, 0) is 9.31 Å². The van der Waals surface area contributed by atoms with Gasteiger partial charge < -0.3 is 14.6 Å². The van der Waals surface area contributed by atoms with Crippen LogP contribution in [0.4, 0.5) is 0 Å². The molecule has 1 N–H and O–H groups in total. The summed E-state index contributed by atoms with van der Waals surface area (Å²) in [6.45, 7) is 8.79. The van der Waals surface area contributed by atoms with E-state index in [2.05, 4.69) is 15.4 Å². The van der Waals surface area contributed by atoms with Crippen LogP contribution in [0.2, 0.25) is 5.15 Å². The van der Waals surface area contributed by atoms with Crippen LogP contribution in [-0.4, -0.2) is 46.5 Å². The number of rotatable bonds is 4. The van der Waals surface area contributed by atoms with Crippen molar-refractivity contribution in [2.45, 2.75) is 38.9 Å². The maximum Gasteiger partial charge on any atom is 0.491 e. The fourth-order valence-corrected chi connectivity index (χ4v) is 2.70. The summed E-state index contributed by atoms with van der Waals surface area (Å²) in [4.78, 5) is 4.35. The molecule has 0 radical (unpaired) electrons. The summed E-state index contributed by atoms with van der Waals surface area (Å²) >= 11 is 6.01. The van der Waals surface area contributed by atoms with Gasteiger partial charge in [0.2, 0.25) is 0 Å². The molecule has 1 aliphatic rings. The normalized spacial score (nSPS) is 20.1. The Balaban J connectivity index is 1.99. The highest BCUT2D eigenvalue weighted by molar-refractivity contribution is 6.55. The quantitative estimate of drug-likeness (QED) is 0.861. The van der Waals surface area contributed by atoms with Gasteiger partial charge >= 0.3 is 7.12 Å². The van der Waals surface area contributed by atoms with Crippen LogP contribution in [0.15, 0.2) is 23.8 Å². The summed E-state index contributed by atoms with van der Waals surface area (Å²) in [5, 5.41) is 7.89. The van der Waals surface area contributed by atoms with Gasteiger partial charge in [-0.15, -0.1) is 0 Å². The minimum absolute atomic E-state index is 0.383. The van der Waals surface area contributed by atoms with Crippen LogP contribution >= 0.6 is 11.6 Å². The Morgan fingerprint density at radius 1 is 1.29 bits per heavy atom. The molecule has 1 fully saturated rings. The predicted molar refractivity (Wildman–Crippen MR) is 96.0 cm³/mol. The molecule has 2 aromatic heterocycles. The average molecular weight is 349 g/mol. The van der Waals surface area contributed by atoms with Crippen LogP contribution in [0.1, 0.15) is 33.4 Å². The lowest BCUT2D eigenvalue weighted by Gasteiger charge is -2.32. The van der Waals surface area contributed by atoms with Crippen LogP contribution in [0.3, 0.4) is 0 Å². The summed E-state index contributed by atoms with van der Waals surface area (Å²) in [6, 6.07) is 3.55. The van der Waals surface area contributed by atoms with E-state index in [1.165, 1.54) is 0 Å². The molecule has 6 nitrogen and oxygen atoms in total. The third-order valence-electron chi connectivity index (χ3n) is 4.63. The zero-order valence-corrected chi connectivity index (χ0v) is 15.4. The van der Waals surface area contributed by atoms with Gasteiger partial charge in [-0.3, -0.25) is 0 Å². The smallest absolute Gasteiger partial charge is 0.400 e. The van der Waals surface area contributed by atoms with Gasteiger partial charge in [0.15, 0.2) is 5.65 Å². The first-order valence-electron chi connectivity index (χ1n) is 7.94. The number of hydrogen-bond donors (Lipinski definition) is 1. The molecule has 8 heteroatoms. The van der Waals surface area contributed by atoms with Crippen molar-refractivity contribution >= 4 is 30.4 Å². The number of likely N-dealkylation sites (N-methyl/N-ethyl adjacent to an activating group) is 1. The Labute approximate surface area is 147 Å². The van der Waals surface area contributed by atoms with Gasteiger partial charge in [0.25, 0.3) is 0 Å². The molecule has 0 spiro atoms. The fraction of sp³-hybridized carbons (Fsp3) is 0.500. The highest BCUT2D eigenvalue weighted by Crippen LogP contribution is 2.38. The molecule has 0 aliphatic carbocycles. The zero-order chi connectivity index (χ0) is 17.5. The van der Waals surface area contributed by atoms with Crippen molar-refractivity contribution < 1.29 is 9.31 Å². The number of halogens is 1. The van der Waals surface area contributed by atoms with Crippen molar-refractivity contribution in [2.75, 3.05) is 13.6 Å². The van der Waals surface area contributed by atoms with Gasteiger partial charge in [-0.2, -0.15) is 5.10 Å². The number of aromatic nitrogens is 3. The molecule has 0 bridgehead atoms. The van der Waals surface area contributed by atoms with Crippen molar-refractivity contribution in [3.8, 4) is 0 Å². The molecule has 3 heterocycles. The van der Waals surface area contributed by atoms with Crippen molar-refractivity contribution in [1.29, 1.82) is 0 Å². The highest BCUT2D eigenvalue weighted by atomic mass is 35.5. The third-order valence-corrected chi connectivity index (χ3v) is 4.83. The minimum atomic E-state index is -0.424. The molecule has 3 rings (SSSR count). The van der Waals surface area contributed by atoms with Gasteiger partial charge in [0, 0.05) is 6.54 Å². The molecule has 0 aromatic carbocycles. The number of nitrogens with zero attached hydrogens (tertiary/aromatic N) is 3. The maximum absolute atomic E-state index is 6.16. The van der Waals surface area contributed by atoms with Crippen LogP contribution in [0.5, 0.6) is 0 Å². The first-order chi connectivity index (χ1) is 11.2. The summed E-state index contributed by atoms with van der Waals surface area (Å²) in [5.74, 6) is 0. The van der Waals surface area contributed by atoms with E-state index in [1.54, 1.807) is 16.8 Å². The van der Waals surface area contributed by atoms with Gasteiger partial charge in [-0.05, 0) is 58.4 Å². The Hall–Kier alpha value is -1.41. The molecule has 2 aromatic rings. The zero-order valence-electron chi connectivity index (χ0n) is 14.6. The van der Waals surface area contributed by atoms with E-state index in [0.29, 0.717) is 11.7 Å². The van der Waals surface area contributed by atoms with Crippen molar-refractivity contribution in [3.05, 3.63) is 34.6 Å². The Kier molecular flexibility index (Phi) is 4.46. The lowest BCUT2D eigenvalue weighted by Crippen LogP contribution is -2.41. The first-order valence-corrected chi connectivity index (χ1v) is 8.32. The second-order valence-electron chi connectivity index (χ2n) is 6.95. The molecule has 1 aliphatic heterocycles. The standard InChI is InChI=1S/C16H22BClN4O2/c1-15(2)16(3,4)24-17(23-15)11(9-19-5)8-12-10-20-14-7-6-13(18)21-22(12)14/h6-8,10,19H,9H2,1-5H3. The van der Waals surface area contributed by atoms with Gasteiger partial charge in [0.05, 0.1) is 23.1 Å². The Morgan fingerprint density at radius 3 is 2.58 bits per heavy atom. The number of nitrogens with one attached hydrogen (secondary N) is 1. The molecular weight excluding hydrogens is 326 g/mol. The lowest BCUT2D eigenvalue weighted by atomic mass is 9.77. The summed E-state index contributed by atoms with van der Waals surface area (Å²) in [6.07, 6.45) is 3.75. The highest BCUT2D eigenvalue weighted by Gasteiger charge is 2.52. The molecule has 0 atom stereocenters. The van der Waals surface area contributed by atoms with E-state index >= 15 is 0 Å². The first kappa shape index (κ1) is 17.4. The second-order valence-corrected chi connectivity index (χ2v) is 7.33. The van der Waals surface area contributed by atoms with Gasteiger partial charge in [-0.25, -0.2) is 9.50 Å². The summed E-state index contributed by atoms with van der Waals surface area (Å²) < 4.78 is 14.0. The third kappa shape index (κ3) is 3.09. The van der Waals surface area contributed by atoms with E-state index in [1.807, 2.05) is 46.9 Å². The SMILES string of the molecule is CNCC(=Cc1cnc2ccc(Cl)nn12)B1OC(C)(C)C(C)(C)O1. The molecule has 1 saturated heterocycles. The predicted octanol–water partition coefficient (Wildman–Crippen LogP) is 2.62. The van der Waals surface area contributed by atoms with Crippen molar-refractivity contribution in [2.24, 2.45) is 0 Å². The van der Waals surface area contributed by atoms with E-state index in [0.717, 1.165) is 16.8 Å². The lowest BCUT2D eigenvalue weighted by molar-refractivity contribution is 0.00578. The molecule has 0 amide bonds. The molecule has 128 valence electrons. The molecule has 0 saturated carbocycles. The van der Waals surface area contributed by atoms with E-state index in [-0.39, 0.29) is 11.2 Å².